The molecule has 0 atom stereocenters. The zero-order valence-corrected chi connectivity index (χ0v) is 19.8. The predicted molar refractivity (Wildman–Crippen MR) is 127 cm³/mol. The Labute approximate surface area is 194 Å². The van der Waals surface area contributed by atoms with Gasteiger partial charge < -0.3 is 19.7 Å². The van der Waals surface area contributed by atoms with Crippen molar-refractivity contribution < 1.29 is 13.9 Å². The number of halogens is 2. The van der Waals surface area contributed by atoms with Crippen LogP contribution in [0.15, 0.2) is 47.6 Å². The van der Waals surface area contributed by atoms with Crippen molar-refractivity contribution in [2.45, 2.75) is 39.3 Å². The van der Waals surface area contributed by atoms with E-state index in [0.717, 1.165) is 50.6 Å². The van der Waals surface area contributed by atoms with Gasteiger partial charge in [0.25, 0.3) is 0 Å². The van der Waals surface area contributed by atoms with E-state index >= 15 is 0 Å². The summed E-state index contributed by atoms with van der Waals surface area (Å²) in [4.78, 5) is 11.4. The predicted octanol–water partition coefficient (Wildman–Crippen LogP) is 4.60. The molecule has 1 saturated heterocycles. The summed E-state index contributed by atoms with van der Waals surface area (Å²) in [7, 11) is 0. The van der Waals surface area contributed by atoms with Crippen molar-refractivity contribution in [2.75, 3.05) is 26.2 Å². The fraction of sp³-hybridized carbons (Fsp3) is 0.455. The van der Waals surface area contributed by atoms with Crippen LogP contribution in [0.25, 0.3) is 0 Å². The number of aromatic nitrogens is 1. The Bertz CT molecular complexity index is 779. The van der Waals surface area contributed by atoms with Crippen molar-refractivity contribution in [3.05, 3.63) is 54.0 Å². The van der Waals surface area contributed by atoms with Crippen LogP contribution in [0, 0.1) is 5.82 Å². The maximum absolute atomic E-state index is 13.0. The van der Waals surface area contributed by atoms with Gasteiger partial charge in [-0.2, -0.15) is 0 Å². The summed E-state index contributed by atoms with van der Waals surface area (Å²) < 4.78 is 24.3. The zero-order valence-electron chi connectivity index (χ0n) is 17.5. The third-order valence-electron chi connectivity index (χ3n) is 4.72. The number of aliphatic imine (C=N–C) groups is 1. The Kier molecular flexibility index (Phi) is 10.3. The molecule has 0 bridgehead atoms. The van der Waals surface area contributed by atoms with Gasteiger partial charge >= 0.3 is 0 Å². The van der Waals surface area contributed by atoms with Gasteiger partial charge in [0.15, 0.2) is 5.96 Å². The molecule has 1 aliphatic heterocycles. The Morgan fingerprint density at radius 2 is 1.90 bits per heavy atom. The van der Waals surface area contributed by atoms with Crippen molar-refractivity contribution in [3.63, 3.8) is 0 Å². The van der Waals surface area contributed by atoms with Gasteiger partial charge in [-0.3, -0.25) is 0 Å². The minimum atomic E-state index is -0.294. The maximum Gasteiger partial charge on any atom is 0.219 e. The molecule has 1 fully saturated rings. The quantitative estimate of drug-likeness (QED) is 0.324. The lowest BCUT2D eigenvalue weighted by atomic mass is 10.1. The van der Waals surface area contributed by atoms with Crippen molar-refractivity contribution in [2.24, 2.45) is 4.99 Å². The first-order valence-corrected chi connectivity index (χ1v) is 10.2. The number of rotatable bonds is 7. The van der Waals surface area contributed by atoms with Crippen LogP contribution in [0.1, 0.15) is 32.3 Å². The van der Waals surface area contributed by atoms with E-state index in [1.165, 1.54) is 12.1 Å². The molecule has 1 aromatic carbocycles. The lowest BCUT2D eigenvalue weighted by molar-refractivity contribution is 0.0263. The second-order valence-electron chi connectivity index (χ2n) is 6.87. The fourth-order valence-corrected chi connectivity index (χ4v) is 3.25. The fourth-order valence-electron chi connectivity index (χ4n) is 3.25. The highest BCUT2D eigenvalue weighted by Gasteiger charge is 2.21. The van der Waals surface area contributed by atoms with Gasteiger partial charge in [-0.05, 0) is 56.5 Å². The average Bonchev–Trinajstić information content (AvgIpc) is 2.75. The summed E-state index contributed by atoms with van der Waals surface area (Å²) in [6, 6.07) is 9.62. The number of hydrogen-bond donors (Lipinski definition) is 1. The van der Waals surface area contributed by atoms with Crippen LogP contribution in [-0.4, -0.2) is 48.2 Å². The molecule has 164 valence electrons. The third kappa shape index (κ3) is 7.39. The lowest BCUT2D eigenvalue weighted by Gasteiger charge is -2.34. The molecule has 0 aliphatic carbocycles. The molecular weight excluding hydrogens is 498 g/mol. The molecule has 0 spiro atoms. The smallest absolute Gasteiger partial charge is 0.219 e. The van der Waals surface area contributed by atoms with Gasteiger partial charge in [0, 0.05) is 38.5 Å². The van der Waals surface area contributed by atoms with E-state index in [0.29, 0.717) is 24.3 Å². The van der Waals surface area contributed by atoms with Crippen molar-refractivity contribution in [1.82, 2.24) is 15.2 Å². The molecule has 1 N–H and O–H groups in total. The first-order chi connectivity index (χ1) is 14.2. The van der Waals surface area contributed by atoms with Crippen LogP contribution in [0.2, 0.25) is 0 Å². The lowest BCUT2D eigenvalue weighted by Crippen LogP contribution is -2.47. The van der Waals surface area contributed by atoms with E-state index in [4.69, 9.17) is 14.5 Å². The monoisotopic (exact) mass is 528 g/mol. The second-order valence-corrected chi connectivity index (χ2v) is 6.87. The number of guanidine groups is 1. The van der Waals surface area contributed by atoms with E-state index in [2.05, 4.69) is 22.1 Å². The summed E-state index contributed by atoms with van der Waals surface area (Å²) in [5, 5.41) is 3.38. The van der Waals surface area contributed by atoms with Crippen molar-refractivity contribution in [1.29, 1.82) is 0 Å². The normalized spacial score (nSPS) is 14.9. The number of nitrogens with one attached hydrogen (secondary N) is 1. The number of likely N-dealkylation sites (tertiary alicyclic amines) is 1. The van der Waals surface area contributed by atoms with E-state index in [9.17, 15) is 4.39 Å². The zero-order chi connectivity index (χ0) is 20.5. The Morgan fingerprint density at radius 1 is 1.17 bits per heavy atom. The van der Waals surface area contributed by atoms with Gasteiger partial charge in [-0.1, -0.05) is 6.07 Å². The first kappa shape index (κ1) is 24.3. The van der Waals surface area contributed by atoms with Crippen molar-refractivity contribution >= 4 is 29.9 Å². The molecule has 1 aromatic heterocycles. The largest absolute Gasteiger partial charge is 0.439 e. The highest BCUT2D eigenvalue weighted by Crippen LogP contribution is 2.20. The molecule has 0 saturated carbocycles. The topological polar surface area (TPSA) is 59.0 Å². The van der Waals surface area contributed by atoms with Crippen LogP contribution in [0.4, 0.5) is 4.39 Å². The molecule has 2 heterocycles. The summed E-state index contributed by atoms with van der Waals surface area (Å²) in [5.41, 5.74) is 0.996. The van der Waals surface area contributed by atoms with Crippen LogP contribution in [-0.2, 0) is 11.3 Å². The Hall–Kier alpha value is -1.94. The number of benzene rings is 1. The van der Waals surface area contributed by atoms with Gasteiger partial charge in [0.05, 0.1) is 12.6 Å². The molecule has 0 unspecified atom stereocenters. The second kappa shape index (κ2) is 12.7. The number of ether oxygens (including phenoxy) is 2. The molecule has 0 amide bonds. The highest BCUT2D eigenvalue weighted by atomic mass is 127. The summed E-state index contributed by atoms with van der Waals surface area (Å²) >= 11 is 0. The molecule has 30 heavy (non-hydrogen) atoms. The van der Waals surface area contributed by atoms with E-state index in [1.54, 1.807) is 24.4 Å². The van der Waals surface area contributed by atoms with Gasteiger partial charge in [0.2, 0.25) is 5.88 Å². The summed E-state index contributed by atoms with van der Waals surface area (Å²) in [6.45, 7) is 8.14. The molecule has 8 heteroatoms. The highest BCUT2D eigenvalue weighted by molar-refractivity contribution is 14.0. The van der Waals surface area contributed by atoms with E-state index in [-0.39, 0.29) is 29.8 Å². The van der Waals surface area contributed by atoms with Crippen LogP contribution in [0.5, 0.6) is 11.6 Å². The van der Waals surface area contributed by atoms with Gasteiger partial charge in [-0.25, -0.2) is 14.4 Å². The third-order valence-corrected chi connectivity index (χ3v) is 4.72. The molecule has 1 aliphatic rings. The minimum absolute atomic E-state index is 0. The van der Waals surface area contributed by atoms with Crippen LogP contribution in [0.3, 0.4) is 0 Å². The number of piperidine rings is 1. The molecule has 0 radical (unpaired) electrons. The maximum atomic E-state index is 13.0. The van der Waals surface area contributed by atoms with Gasteiger partial charge in [0.1, 0.15) is 11.6 Å². The molecule has 3 rings (SSSR count). The van der Waals surface area contributed by atoms with E-state index < -0.39 is 0 Å². The standard InChI is InChI=1S/C22H29FN4O2.HI/c1-3-24-22(27-13-11-19(12-14-27)28-4-2)26-16-17-5-10-21(25-15-17)29-20-8-6-18(23)7-9-20;/h5-10,15,19H,3-4,11-14,16H2,1-2H3,(H,24,26);1H. The SMILES string of the molecule is CCNC(=NCc1ccc(Oc2ccc(F)cc2)nc1)N1CCC(OCC)CC1.I. The average molecular weight is 528 g/mol. The van der Waals surface area contributed by atoms with Gasteiger partial charge in [-0.15, -0.1) is 24.0 Å². The first-order valence-electron chi connectivity index (χ1n) is 10.2. The van der Waals surface area contributed by atoms with Crippen LogP contribution >= 0.6 is 24.0 Å². The molecule has 2 aromatic rings. The summed E-state index contributed by atoms with van der Waals surface area (Å²) in [6.07, 6.45) is 4.16. The minimum Gasteiger partial charge on any atom is -0.439 e. The summed E-state index contributed by atoms with van der Waals surface area (Å²) in [5.74, 6) is 1.65. The van der Waals surface area contributed by atoms with Crippen LogP contribution < -0.4 is 10.1 Å². The Morgan fingerprint density at radius 3 is 2.50 bits per heavy atom. The number of hydrogen-bond acceptors (Lipinski definition) is 4. The Balaban J connectivity index is 0.00000320. The number of nitrogens with zero attached hydrogens (tertiary/aromatic N) is 3. The number of pyridine rings is 1. The van der Waals surface area contributed by atoms with E-state index in [1.807, 2.05) is 13.0 Å². The molecule has 6 nitrogen and oxygen atoms in total. The molecular formula is C22H30FIN4O2. The van der Waals surface area contributed by atoms with Crippen molar-refractivity contribution in [3.8, 4) is 11.6 Å².